The van der Waals surface area contributed by atoms with Crippen LogP contribution in [-0.4, -0.2) is 50.0 Å². The van der Waals surface area contributed by atoms with Crippen molar-refractivity contribution in [2.75, 3.05) is 17.1 Å². The zero-order valence-corrected chi connectivity index (χ0v) is 22.0. The molecule has 0 fully saturated rings. The first-order chi connectivity index (χ1) is 16.0. The van der Waals surface area contributed by atoms with E-state index in [0.717, 1.165) is 22.5 Å². The van der Waals surface area contributed by atoms with Gasteiger partial charge in [-0.25, -0.2) is 8.42 Å². The van der Waals surface area contributed by atoms with E-state index in [4.69, 9.17) is 11.6 Å². The molecule has 0 spiro atoms. The number of amides is 2. The minimum absolute atomic E-state index is 0.0566. The third-order valence-corrected chi connectivity index (χ3v) is 7.20. The Morgan fingerprint density at radius 1 is 1.03 bits per heavy atom. The van der Waals surface area contributed by atoms with Crippen molar-refractivity contribution in [1.29, 1.82) is 0 Å². The van der Waals surface area contributed by atoms with Crippen molar-refractivity contribution in [1.82, 2.24) is 10.2 Å². The number of sulfonamides is 1. The molecule has 2 aromatic rings. The van der Waals surface area contributed by atoms with Gasteiger partial charge in [-0.2, -0.15) is 0 Å². The number of nitrogens with zero attached hydrogens (tertiary/aromatic N) is 2. The average Bonchev–Trinajstić information content (AvgIpc) is 2.78. The molecule has 0 saturated heterocycles. The zero-order chi connectivity index (χ0) is 25.5. The van der Waals surface area contributed by atoms with Crippen LogP contribution < -0.4 is 9.62 Å². The molecule has 0 aromatic heterocycles. The first-order valence-corrected chi connectivity index (χ1v) is 13.6. The van der Waals surface area contributed by atoms with Crippen LogP contribution in [0.15, 0.2) is 48.5 Å². The monoisotopic (exact) mass is 507 g/mol. The van der Waals surface area contributed by atoms with Gasteiger partial charge in [-0.1, -0.05) is 61.3 Å². The van der Waals surface area contributed by atoms with Crippen LogP contribution in [0, 0.1) is 6.92 Å². The van der Waals surface area contributed by atoms with Crippen LogP contribution in [0.1, 0.15) is 44.7 Å². The van der Waals surface area contributed by atoms with Crippen molar-refractivity contribution in [3.8, 4) is 0 Å². The van der Waals surface area contributed by atoms with Gasteiger partial charge < -0.3 is 10.2 Å². The lowest BCUT2D eigenvalue weighted by Crippen LogP contribution is -2.53. The minimum Gasteiger partial charge on any atom is -0.352 e. The zero-order valence-electron chi connectivity index (χ0n) is 20.4. The molecule has 9 heteroatoms. The van der Waals surface area contributed by atoms with Gasteiger partial charge in [0.25, 0.3) is 0 Å². The Morgan fingerprint density at radius 3 is 2.18 bits per heavy atom. The number of carbonyl (C=O) groups excluding carboxylic acids is 2. The second kappa shape index (κ2) is 12.2. The summed E-state index contributed by atoms with van der Waals surface area (Å²) in [5, 5.41) is 3.41. The van der Waals surface area contributed by atoms with Gasteiger partial charge in [0.15, 0.2) is 0 Å². The third-order valence-electron chi connectivity index (χ3n) is 5.69. The molecule has 1 N–H and O–H groups in total. The first kappa shape index (κ1) is 27.7. The number of rotatable bonds is 11. The van der Waals surface area contributed by atoms with Gasteiger partial charge >= 0.3 is 0 Å². The van der Waals surface area contributed by atoms with E-state index < -0.39 is 28.5 Å². The largest absolute Gasteiger partial charge is 0.352 e. The summed E-state index contributed by atoms with van der Waals surface area (Å²) in [6, 6.07) is 13.2. The Labute approximate surface area is 208 Å². The van der Waals surface area contributed by atoms with Crippen molar-refractivity contribution in [2.24, 2.45) is 0 Å². The highest BCUT2D eigenvalue weighted by atomic mass is 35.5. The van der Waals surface area contributed by atoms with E-state index in [2.05, 4.69) is 5.32 Å². The number of benzene rings is 2. The maximum absolute atomic E-state index is 13.6. The van der Waals surface area contributed by atoms with Gasteiger partial charge in [0.05, 0.1) is 11.9 Å². The lowest BCUT2D eigenvalue weighted by molar-refractivity contribution is -0.140. The molecule has 0 aliphatic carbocycles. The lowest BCUT2D eigenvalue weighted by atomic mass is 10.1. The summed E-state index contributed by atoms with van der Waals surface area (Å²) in [6.07, 6.45) is 2.17. The number of nitrogens with one attached hydrogen (secondary N) is 1. The predicted molar refractivity (Wildman–Crippen MR) is 137 cm³/mol. The highest BCUT2D eigenvalue weighted by Gasteiger charge is 2.32. The van der Waals surface area contributed by atoms with Crippen molar-refractivity contribution in [3.05, 3.63) is 64.7 Å². The first-order valence-electron chi connectivity index (χ1n) is 11.4. The third kappa shape index (κ3) is 7.46. The molecule has 2 atom stereocenters. The summed E-state index contributed by atoms with van der Waals surface area (Å²) in [4.78, 5) is 28.1. The van der Waals surface area contributed by atoms with Gasteiger partial charge in [0, 0.05) is 17.6 Å². The Morgan fingerprint density at radius 2 is 1.65 bits per heavy atom. The fourth-order valence-electron chi connectivity index (χ4n) is 3.50. The average molecular weight is 508 g/mol. The van der Waals surface area contributed by atoms with E-state index in [1.54, 1.807) is 48.5 Å². The van der Waals surface area contributed by atoms with E-state index in [-0.39, 0.29) is 18.5 Å². The summed E-state index contributed by atoms with van der Waals surface area (Å²) >= 11 is 6.35. The number of hydrogen-bond donors (Lipinski definition) is 1. The SMILES string of the molecule is CC[C@H](C)NC(=O)[C@H](CC)N(Cc1ccccc1Cl)C(=O)CN(c1ccc(C)cc1)S(C)(=O)=O. The van der Waals surface area contributed by atoms with Gasteiger partial charge in [-0.05, 0) is 50.5 Å². The van der Waals surface area contributed by atoms with E-state index in [1.165, 1.54) is 4.90 Å². The number of anilines is 1. The quantitative estimate of drug-likeness (QED) is 0.495. The molecule has 0 saturated carbocycles. The van der Waals surface area contributed by atoms with Crippen molar-refractivity contribution in [2.45, 2.75) is 59.2 Å². The summed E-state index contributed by atoms with van der Waals surface area (Å²) < 4.78 is 26.3. The molecule has 0 radical (unpaired) electrons. The minimum atomic E-state index is -3.76. The molecule has 2 rings (SSSR count). The summed E-state index contributed by atoms with van der Waals surface area (Å²) in [5.74, 6) is -0.768. The molecule has 0 unspecified atom stereocenters. The molecule has 2 amide bonds. The molecule has 186 valence electrons. The van der Waals surface area contributed by atoms with Gasteiger partial charge in [-0.15, -0.1) is 0 Å². The van der Waals surface area contributed by atoms with E-state index >= 15 is 0 Å². The maximum atomic E-state index is 13.6. The topological polar surface area (TPSA) is 86.8 Å². The molecule has 0 aliphatic rings. The van der Waals surface area contributed by atoms with Crippen molar-refractivity contribution < 1.29 is 18.0 Å². The highest BCUT2D eigenvalue weighted by Crippen LogP contribution is 2.22. The van der Waals surface area contributed by atoms with Crippen molar-refractivity contribution >= 4 is 39.1 Å². The fraction of sp³-hybridized carbons (Fsp3) is 0.440. The predicted octanol–water partition coefficient (Wildman–Crippen LogP) is 4.14. The van der Waals surface area contributed by atoms with Crippen LogP contribution in [0.5, 0.6) is 0 Å². The maximum Gasteiger partial charge on any atom is 0.244 e. The van der Waals surface area contributed by atoms with Crippen LogP contribution in [0.25, 0.3) is 0 Å². The van der Waals surface area contributed by atoms with Crippen LogP contribution in [0.3, 0.4) is 0 Å². The Hall–Kier alpha value is -2.58. The summed E-state index contributed by atoms with van der Waals surface area (Å²) in [7, 11) is -3.76. The Bertz CT molecular complexity index is 1090. The van der Waals surface area contributed by atoms with Crippen LogP contribution in [0.4, 0.5) is 5.69 Å². The van der Waals surface area contributed by atoms with Gasteiger partial charge in [0.2, 0.25) is 21.8 Å². The van der Waals surface area contributed by atoms with E-state index in [1.807, 2.05) is 27.7 Å². The molecule has 0 bridgehead atoms. The van der Waals surface area contributed by atoms with Gasteiger partial charge in [0.1, 0.15) is 12.6 Å². The Kier molecular flexibility index (Phi) is 9.94. The number of halogens is 1. The highest BCUT2D eigenvalue weighted by molar-refractivity contribution is 7.92. The molecular formula is C25H34ClN3O4S. The van der Waals surface area contributed by atoms with E-state index in [9.17, 15) is 18.0 Å². The molecular weight excluding hydrogens is 474 g/mol. The molecule has 0 aliphatic heterocycles. The van der Waals surface area contributed by atoms with E-state index in [0.29, 0.717) is 22.7 Å². The standard InChI is InChI=1S/C25H34ClN3O4S/c1-6-19(4)27-25(31)23(7-2)28(16-20-10-8-9-11-22(20)26)24(30)17-29(34(5,32)33)21-14-12-18(3)13-15-21/h8-15,19,23H,6-7,16-17H2,1-5H3,(H,27,31)/t19-,23-/m0/s1. The smallest absolute Gasteiger partial charge is 0.244 e. The molecule has 2 aromatic carbocycles. The molecule has 7 nitrogen and oxygen atoms in total. The van der Waals surface area contributed by atoms with Gasteiger partial charge in [-0.3, -0.25) is 13.9 Å². The fourth-order valence-corrected chi connectivity index (χ4v) is 4.54. The second-order valence-corrected chi connectivity index (χ2v) is 10.8. The summed E-state index contributed by atoms with van der Waals surface area (Å²) in [6.45, 7) is 7.22. The van der Waals surface area contributed by atoms with Crippen LogP contribution in [0.2, 0.25) is 5.02 Å². The number of carbonyl (C=O) groups is 2. The number of aryl methyl sites for hydroxylation is 1. The molecule has 0 heterocycles. The summed E-state index contributed by atoms with van der Waals surface area (Å²) in [5.41, 5.74) is 2.03. The number of hydrogen-bond acceptors (Lipinski definition) is 4. The van der Waals surface area contributed by atoms with Crippen LogP contribution in [-0.2, 0) is 26.2 Å². The lowest BCUT2D eigenvalue weighted by Gasteiger charge is -2.33. The molecule has 34 heavy (non-hydrogen) atoms. The Balaban J connectivity index is 2.44. The van der Waals surface area contributed by atoms with Crippen molar-refractivity contribution in [3.63, 3.8) is 0 Å². The normalized spacial score (nSPS) is 13.1. The van der Waals surface area contributed by atoms with Crippen LogP contribution >= 0.6 is 11.6 Å². The second-order valence-electron chi connectivity index (χ2n) is 8.46.